The highest BCUT2D eigenvalue weighted by atomic mass is 16.5. The number of methoxy groups -OCH3 is 1. The van der Waals surface area contributed by atoms with E-state index in [1.807, 2.05) is 12.1 Å². The summed E-state index contributed by atoms with van der Waals surface area (Å²) in [5, 5.41) is 0. The fraction of sp³-hybridized carbons (Fsp3) is 0.562. The summed E-state index contributed by atoms with van der Waals surface area (Å²) in [5.41, 5.74) is 1.24. The molecule has 0 amide bonds. The Hall–Kier alpha value is -1.35. The number of hydrogen-bond donors (Lipinski definition) is 0. The van der Waals surface area contributed by atoms with Crippen LogP contribution in [0.3, 0.4) is 0 Å². The van der Waals surface area contributed by atoms with Gasteiger partial charge in [-0.3, -0.25) is 4.79 Å². The molecule has 0 aromatic heterocycles. The van der Waals surface area contributed by atoms with Gasteiger partial charge in [-0.2, -0.15) is 0 Å². The van der Waals surface area contributed by atoms with E-state index in [1.165, 1.54) is 5.56 Å². The number of ether oxygens (including phenoxy) is 1. The zero-order valence-electron chi connectivity index (χ0n) is 12.1. The monoisotopic (exact) mass is 261 g/mol. The van der Waals surface area contributed by atoms with Crippen molar-refractivity contribution in [1.82, 2.24) is 4.90 Å². The van der Waals surface area contributed by atoms with E-state index >= 15 is 0 Å². The van der Waals surface area contributed by atoms with Crippen molar-refractivity contribution in [3.63, 3.8) is 0 Å². The van der Waals surface area contributed by atoms with Crippen molar-refractivity contribution in [3.05, 3.63) is 29.8 Å². The Morgan fingerprint density at radius 3 is 2.84 bits per heavy atom. The Morgan fingerprint density at radius 1 is 1.37 bits per heavy atom. The molecule has 2 rings (SSSR count). The van der Waals surface area contributed by atoms with Gasteiger partial charge in [0, 0.05) is 19.4 Å². The fourth-order valence-electron chi connectivity index (χ4n) is 3.01. The van der Waals surface area contributed by atoms with Gasteiger partial charge in [-0.1, -0.05) is 12.1 Å². The lowest BCUT2D eigenvalue weighted by molar-refractivity contribution is -0.121. The maximum Gasteiger partial charge on any atom is 0.133 e. The molecule has 0 aliphatic heterocycles. The summed E-state index contributed by atoms with van der Waals surface area (Å²) in [5.74, 6) is 2.15. The van der Waals surface area contributed by atoms with Crippen LogP contribution in [-0.2, 0) is 4.79 Å². The minimum atomic E-state index is 0.332. The molecule has 2 atom stereocenters. The molecule has 0 bridgehead atoms. The first-order valence-corrected chi connectivity index (χ1v) is 6.90. The van der Waals surface area contributed by atoms with E-state index < -0.39 is 0 Å². The number of rotatable bonds is 4. The van der Waals surface area contributed by atoms with E-state index in [2.05, 4.69) is 31.1 Å². The fourth-order valence-corrected chi connectivity index (χ4v) is 3.01. The van der Waals surface area contributed by atoms with Crippen molar-refractivity contribution in [1.29, 1.82) is 0 Å². The average molecular weight is 261 g/mol. The van der Waals surface area contributed by atoms with E-state index in [0.717, 1.165) is 25.1 Å². The molecule has 1 unspecified atom stereocenters. The standard InChI is InChI=1S/C16H23NO2/c1-17(2)11-13-7-8-14(18)10-16(13)12-5-4-6-15(9-12)19-3/h4-6,9,13,16H,7-8,10-11H2,1-3H3/t13?,16-/m0/s1. The minimum Gasteiger partial charge on any atom is -0.497 e. The predicted octanol–water partition coefficient (Wildman–Crippen LogP) is 2.71. The Bertz CT molecular complexity index is 442. The second kappa shape index (κ2) is 6.20. The van der Waals surface area contributed by atoms with Crippen LogP contribution in [-0.4, -0.2) is 38.4 Å². The Morgan fingerprint density at radius 2 is 2.16 bits per heavy atom. The van der Waals surface area contributed by atoms with Gasteiger partial charge >= 0.3 is 0 Å². The van der Waals surface area contributed by atoms with Crippen molar-refractivity contribution in [2.45, 2.75) is 25.2 Å². The van der Waals surface area contributed by atoms with Gasteiger partial charge in [0.1, 0.15) is 11.5 Å². The molecule has 19 heavy (non-hydrogen) atoms. The summed E-state index contributed by atoms with van der Waals surface area (Å²) in [6.07, 6.45) is 2.41. The van der Waals surface area contributed by atoms with Crippen LogP contribution in [0.5, 0.6) is 5.75 Å². The van der Waals surface area contributed by atoms with Gasteiger partial charge in [0.2, 0.25) is 0 Å². The lowest BCUT2D eigenvalue weighted by Crippen LogP contribution is -2.31. The van der Waals surface area contributed by atoms with Gasteiger partial charge in [-0.15, -0.1) is 0 Å². The van der Waals surface area contributed by atoms with E-state index in [4.69, 9.17) is 4.74 Å². The Kier molecular flexibility index (Phi) is 4.59. The smallest absolute Gasteiger partial charge is 0.133 e. The summed E-state index contributed by atoms with van der Waals surface area (Å²) in [6.45, 7) is 1.04. The predicted molar refractivity (Wildman–Crippen MR) is 76.6 cm³/mol. The molecule has 1 aliphatic carbocycles. The minimum absolute atomic E-state index is 0.332. The van der Waals surface area contributed by atoms with E-state index in [9.17, 15) is 4.79 Å². The summed E-state index contributed by atoms with van der Waals surface area (Å²) in [4.78, 5) is 14.0. The van der Waals surface area contributed by atoms with Crippen LogP contribution >= 0.6 is 0 Å². The van der Waals surface area contributed by atoms with Gasteiger partial charge < -0.3 is 9.64 Å². The molecule has 0 heterocycles. The van der Waals surface area contributed by atoms with Crippen molar-refractivity contribution in [3.8, 4) is 5.75 Å². The van der Waals surface area contributed by atoms with Crippen molar-refractivity contribution in [2.75, 3.05) is 27.7 Å². The molecule has 0 saturated heterocycles. The maximum absolute atomic E-state index is 11.8. The zero-order valence-corrected chi connectivity index (χ0v) is 12.1. The molecule has 3 heteroatoms. The number of ketones is 1. The summed E-state index contributed by atoms with van der Waals surface area (Å²) in [6, 6.07) is 8.16. The van der Waals surface area contributed by atoms with Crippen LogP contribution in [0.1, 0.15) is 30.7 Å². The molecule has 0 radical (unpaired) electrons. The third-order valence-corrected chi connectivity index (χ3v) is 3.93. The van der Waals surface area contributed by atoms with Crippen molar-refractivity contribution in [2.24, 2.45) is 5.92 Å². The third kappa shape index (κ3) is 3.57. The van der Waals surface area contributed by atoms with E-state index in [1.54, 1.807) is 7.11 Å². The van der Waals surface area contributed by atoms with Gasteiger partial charge in [0.15, 0.2) is 0 Å². The largest absolute Gasteiger partial charge is 0.497 e. The van der Waals surface area contributed by atoms with Gasteiger partial charge in [-0.25, -0.2) is 0 Å². The molecule has 1 aromatic carbocycles. The topological polar surface area (TPSA) is 29.5 Å². The molecule has 104 valence electrons. The molecular formula is C16H23NO2. The molecule has 1 fully saturated rings. The number of benzene rings is 1. The second-order valence-corrected chi connectivity index (χ2v) is 5.69. The van der Waals surface area contributed by atoms with Crippen LogP contribution in [0.25, 0.3) is 0 Å². The first-order chi connectivity index (χ1) is 9.10. The molecule has 3 nitrogen and oxygen atoms in total. The van der Waals surface area contributed by atoms with Crippen LogP contribution in [0.4, 0.5) is 0 Å². The lowest BCUT2D eigenvalue weighted by atomic mass is 9.74. The zero-order chi connectivity index (χ0) is 13.8. The average Bonchev–Trinajstić information content (AvgIpc) is 2.40. The van der Waals surface area contributed by atoms with E-state index in [0.29, 0.717) is 24.0 Å². The van der Waals surface area contributed by atoms with Crippen molar-refractivity contribution >= 4 is 5.78 Å². The summed E-state index contributed by atoms with van der Waals surface area (Å²) in [7, 11) is 5.88. The highest BCUT2D eigenvalue weighted by molar-refractivity contribution is 5.80. The van der Waals surface area contributed by atoms with E-state index in [-0.39, 0.29) is 0 Å². The van der Waals surface area contributed by atoms with Gasteiger partial charge in [0.25, 0.3) is 0 Å². The SMILES string of the molecule is COc1cccc([C@@H]2CC(=O)CCC2CN(C)C)c1. The number of hydrogen-bond acceptors (Lipinski definition) is 3. The summed E-state index contributed by atoms with van der Waals surface area (Å²) < 4.78 is 5.29. The molecule has 0 spiro atoms. The van der Waals surface area contributed by atoms with Crippen LogP contribution in [0, 0.1) is 5.92 Å². The molecular weight excluding hydrogens is 238 g/mol. The highest BCUT2D eigenvalue weighted by Crippen LogP contribution is 2.37. The number of carbonyl (C=O) groups is 1. The summed E-state index contributed by atoms with van der Waals surface area (Å²) >= 11 is 0. The van der Waals surface area contributed by atoms with Gasteiger partial charge in [-0.05, 0) is 50.0 Å². The van der Waals surface area contributed by atoms with Gasteiger partial charge in [0.05, 0.1) is 7.11 Å². The highest BCUT2D eigenvalue weighted by Gasteiger charge is 2.30. The lowest BCUT2D eigenvalue weighted by Gasteiger charge is -2.33. The molecule has 1 saturated carbocycles. The Labute approximate surface area is 115 Å². The third-order valence-electron chi connectivity index (χ3n) is 3.93. The normalized spacial score (nSPS) is 23.7. The van der Waals surface area contributed by atoms with Crippen LogP contribution < -0.4 is 4.74 Å². The molecule has 1 aliphatic rings. The quantitative estimate of drug-likeness (QED) is 0.834. The molecule has 1 aromatic rings. The first kappa shape index (κ1) is 14.1. The number of Topliss-reactive ketones (excluding diaryl/α,β-unsaturated/α-hetero) is 1. The Balaban J connectivity index is 2.22. The van der Waals surface area contributed by atoms with Crippen LogP contribution in [0.2, 0.25) is 0 Å². The first-order valence-electron chi connectivity index (χ1n) is 6.90. The molecule has 0 N–H and O–H groups in total. The van der Waals surface area contributed by atoms with Crippen molar-refractivity contribution < 1.29 is 9.53 Å². The number of carbonyl (C=O) groups excluding carboxylic acids is 1. The number of nitrogens with zero attached hydrogens (tertiary/aromatic N) is 1. The maximum atomic E-state index is 11.8. The van der Waals surface area contributed by atoms with Crippen LogP contribution in [0.15, 0.2) is 24.3 Å². The second-order valence-electron chi connectivity index (χ2n) is 5.69.